The molecule has 0 bridgehead atoms. The monoisotopic (exact) mass is 508 g/mol. The van der Waals surface area contributed by atoms with Gasteiger partial charge in [0.15, 0.2) is 5.78 Å². The zero-order valence-electron chi connectivity index (χ0n) is 20.7. The lowest BCUT2D eigenvalue weighted by molar-refractivity contribution is -0.183. The molecule has 190 valence electrons. The Labute approximate surface area is 212 Å². The molecule has 1 aliphatic carbocycles. The van der Waals surface area contributed by atoms with Crippen molar-refractivity contribution in [1.82, 2.24) is 0 Å². The minimum Gasteiger partial charge on any atom is -0.458 e. The summed E-state index contributed by atoms with van der Waals surface area (Å²) >= 11 is 0. The predicted octanol–water partition coefficient (Wildman–Crippen LogP) is 5.15. The summed E-state index contributed by atoms with van der Waals surface area (Å²) in [5, 5.41) is 8.93. The average molecular weight is 509 g/mol. The number of carbonyl (C=O) groups excluding carboxylic acids is 2. The highest BCUT2D eigenvalue weighted by molar-refractivity contribution is 7.92. The molecule has 0 radical (unpaired) electrons. The van der Waals surface area contributed by atoms with Crippen LogP contribution in [0, 0.1) is 22.7 Å². The third kappa shape index (κ3) is 5.31. The van der Waals surface area contributed by atoms with Gasteiger partial charge in [0.05, 0.1) is 16.5 Å². The van der Waals surface area contributed by atoms with Crippen molar-refractivity contribution in [3.63, 3.8) is 0 Å². The molecule has 1 atom stereocenters. The highest BCUT2D eigenvalue weighted by Gasteiger charge is 2.60. The highest BCUT2D eigenvalue weighted by atomic mass is 32.2. The molecule has 1 N–H and O–H groups in total. The van der Waals surface area contributed by atoms with E-state index in [9.17, 15) is 18.0 Å². The molecule has 2 aromatic carbocycles. The fraction of sp³-hybridized carbons (Fsp3) is 0.464. The molecule has 2 aliphatic rings. The Balaban J connectivity index is 1.50. The maximum absolute atomic E-state index is 13.3. The summed E-state index contributed by atoms with van der Waals surface area (Å²) in [5.74, 6) is -1.19. The second-order valence-electron chi connectivity index (χ2n) is 10.2. The number of carbonyl (C=O) groups is 2. The van der Waals surface area contributed by atoms with E-state index >= 15 is 0 Å². The van der Waals surface area contributed by atoms with E-state index in [1.807, 2.05) is 26.0 Å². The van der Waals surface area contributed by atoms with Gasteiger partial charge in [0.2, 0.25) is 0 Å². The Morgan fingerprint density at radius 1 is 1.06 bits per heavy atom. The second kappa shape index (κ2) is 10.1. The lowest BCUT2D eigenvalue weighted by Gasteiger charge is -2.41. The summed E-state index contributed by atoms with van der Waals surface area (Å²) < 4.78 is 34.2. The van der Waals surface area contributed by atoms with Crippen LogP contribution in [0.1, 0.15) is 69.9 Å². The Bertz CT molecular complexity index is 1260. The Hall–Kier alpha value is -3.18. The van der Waals surface area contributed by atoms with Crippen molar-refractivity contribution in [2.45, 2.75) is 75.7 Å². The van der Waals surface area contributed by atoms with Crippen LogP contribution in [0.25, 0.3) is 0 Å². The first-order valence-corrected chi connectivity index (χ1v) is 14.0. The fourth-order valence-electron chi connectivity index (χ4n) is 5.57. The molecule has 7 nitrogen and oxygen atoms in total. The van der Waals surface area contributed by atoms with E-state index in [2.05, 4.69) is 4.72 Å². The van der Waals surface area contributed by atoms with Gasteiger partial charge in [-0.25, -0.2) is 8.42 Å². The van der Waals surface area contributed by atoms with Crippen LogP contribution in [0.15, 0.2) is 53.4 Å². The number of hydrogen-bond acceptors (Lipinski definition) is 6. The van der Waals surface area contributed by atoms with Crippen molar-refractivity contribution in [2.24, 2.45) is 11.3 Å². The molecular weight excluding hydrogens is 476 g/mol. The van der Waals surface area contributed by atoms with Crippen LogP contribution in [0.4, 0.5) is 5.69 Å². The summed E-state index contributed by atoms with van der Waals surface area (Å²) in [6.45, 7) is 4.07. The number of esters is 1. The topological polar surface area (TPSA) is 113 Å². The first-order valence-electron chi connectivity index (χ1n) is 12.5. The molecule has 8 heteroatoms. The molecule has 1 heterocycles. The number of hydrogen-bond donors (Lipinski definition) is 1. The van der Waals surface area contributed by atoms with Crippen molar-refractivity contribution < 1.29 is 22.7 Å². The van der Waals surface area contributed by atoms with Gasteiger partial charge in [-0.2, -0.15) is 5.26 Å². The van der Waals surface area contributed by atoms with Gasteiger partial charge in [0.1, 0.15) is 11.5 Å². The van der Waals surface area contributed by atoms with Gasteiger partial charge in [-0.1, -0.05) is 38.8 Å². The van der Waals surface area contributed by atoms with E-state index in [1.165, 1.54) is 24.3 Å². The molecule has 0 amide bonds. The third-order valence-electron chi connectivity index (χ3n) is 7.32. The van der Waals surface area contributed by atoms with Gasteiger partial charge >= 0.3 is 5.97 Å². The number of rotatable bonds is 10. The van der Waals surface area contributed by atoms with Crippen LogP contribution in [0.3, 0.4) is 0 Å². The fourth-order valence-corrected chi connectivity index (χ4v) is 6.62. The van der Waals surface area contributed by atoms with Gasteiger partial charge in [-0.05, 0) is 79.5 Å². The van der Waals surface area contributed by atoms with Crippen molar-refractivity contribution in [1.29, 1.82) is 5.26 Å². The van der Waals surface area contributed by atoms with Crippen LogP contribution < -0.4 is 4.72 Å². The largest absolute Gasteiger partial charge is 0.458 e. The third-order valence-corrected chi connectivity index (χ3v) is 8.71. The summed E-state index contributed by atoms with van der Waals surface area (Å²) in [6, 6.07) is 14.7. The molecule has 36 heavy (non-hydrogen) atoms. The van der Waals surface area contributed by atoms with E-state index in [0.29, 0.717) is 30.5 Å². The molecule has 2 fully saturated rings. The number of anilines is 1. The van der Waals surface area contributed by atoms with Crippen molar-refractivity contribution in [3.05, 3.63) is 59.7 Å². The number of sulfonamides is 1. The Morgan fingerprint density at radius 3 is 2.28 bits per heavy atom. The van der Waals surface area contributed by atoms with Crippen molar-refractivity contribution in [3.8, 4) is 6.07 Å². The number of ketones is 1. The van der Waals surface area contributed by atoms with Gasteiger partial charge in [0.25, 0.3) is 10.0 Å². The molecule has 2 aromatic rings. The van der Waals surface area contributed by atoms with Crippen LogP contribution in [0.5, 0.6) is 0 Å². The number of nitriles is 1. The predicted molar refractivity (Wildman–Crippen MR) is 136 cm³/mol. The number of nitrogens with zero attached hydrogens (tertiary/aromatic N) is 1. The van der Waals surface area contributed by atoms with Crippen molar-refractivity contribution >= 4 is 27.5 Å². The smallest absolute Gasteiger partial charge is 0.317 e. The normalized spacial score (nSPS) is 20.3. The number of cyclic esters (lactones) is 1. The Morgan fingerprint density at radius 2 is 1.72 bits per heavy atom. The molecule has 1 saturated carbocycles. The summed E-state index contributed by atoms with van der Waals surface area (Å²) in [5.41, 5.74) is 0.488. The maximum Gasteiger partial charge on any atom is 0.317 e. The number of benzene rings is 2. The summed E-state index contributed by atoms with van der Waals surface area (Å²) in [6.07, 6.45) is 5.38. The van der Waals surface area contributed by atoms with E-state index in [-0.39, 0.29) is 17.1 Å². The average Bonchev–Trinajstić information content (AvgIpc) is 3.58. The van der Waals surface area contributed by atoms with Gasteiger partial charge in [-0.3, -0.25) is 14.3 Å². The first-order chi connectivity index (χ1) is 17.2. The summed E-state index contributed by atoms with van der Waals surface area (Å²) in [7, 11) is -3.83. The van der Waals surface area contributed by atoms with Gasteiger partial charge in [-0.15, -0.1) is 0 Å². The molecule has 1 unspecified atom stereocenters. The van der Waals surface area contributed by atoms with Crippen LogP contribution in [-0.4, -0.2) is 25.8 Å². The zero-order valence-corrected chi connectivity index (χ0v) is 21.6. The Kier molecular flexibility index (Phi) is 7.24. The van der Waals surface area contributed by atoms with Gasteiger partial charge in [0, 0.05) is 12.1 Å². The molecule has 0 spiro atoms. The van der Waals surface area contributed by atoms with Gasteiger partial charge < -0.3 is 4.74 Å². The lowest BCUT2D eigenvalue weighted by Crippen LogP contribution is -2.50. The molecule has 1 saturated heterocycles. The number of Topliss-reactive ketones (excluding diaryl/α,β-unsaturated/α-hetero) is 1. The van der Waals surface area contributed by atoms with Crippen LogP contribution in [-0.2, 0) is 30.8 Å². The molecule has 4 rings (SSSR count). The minimum absolute atomic E-state index is 0.0247. The summed E-state index contributed by atoms with van der Waals surface area (Å²) in [4.78, 5) is 26.5. The van der Waals surface area contributed by atoms with Crippen molar-refractivity contribution in [2.75, 3.05) is 4.72 Å². The first kappa shape index (κ1) is 25.9. The van der Waals surface area contributed by atoms with E-state index < -0.39 is 32.9 Å². The van der Waals surface area contributed by atoms with Crippen LogP contribution >= 0.6 is 0 Å². The molecular formula is C28H32N2O5S. The number of ether oxygens (including phenoxy) is 1. The highest BCUT2D eigenvalue weighted by Crippen LogP contribution is 2.57. The van der Waals surface area contributed by atoms with Crippen LogP contribution in [0.2, 0.25) is 0 Å². The maximum atomic E-state index is 13.3. The molecule has 0 aromatic heterocycles. The SMILES string of the molecule is CCCC1(CCC)CC(=O)C(C2(Cc3cccc(NS(=O)(=O)c4ccc(C#N)cc4)c3)CC2)C(=O)O1. The standard InChI is InChI=1S/C28H32N2O5S/c1-3-12-28(13-4-2)18-24(31)25(26(32)35-28)27(14-15-27)17-21-6-5-7-22(16-21)30-36(33,34)23-10-8-20(19-29)9-11-23/h5-11,16,25,30H,3-4,12-15,17-18H2,1-2H3. The lowest BCUT2D eigenvalue weighted by atomic mass is 9.74. The minimum atomic E-state index is -3.83. The van der Waals surface area contributed by atoms with E-state index in [0.717, 1.165) is 31.2 Å². The second-order valence-corrected chi connectivity index (χ2v) is 11.8. The quantitative estimate of drug-likeness (QED) is 0.351. The van der Waals surface area contributed by atoms with E-state index in [4.69, 9.17) is 10.00 Å². The van der Waals surface area contributed by atoms with E-state index in [1.54, 1.807) is 18.2 Å². The zero-order chi connectivity index (χ0) is 26.0. The molecule has 1 aliphatic heterocycles. The number of nitrogens with one attached hydrogen (secondary N) is 1.